The Morgan fingerprint density at radius 3 is 1.08 bits per heavy atom. The summed E-state index contributed by atoms with van der Waals surface area (Å²) >= 11 is 0. The van der Waals surface area contributed by atoms with Gasteiger partial charge in [-0.25, -0.2) is 35.3 Å². The summed E-state index contributed by atoms with van der Waals surface area (Å²) in [5.74, 6) is 0. The average Bonchev–Trinajstić information content (AvgIpc) is 3.51. The standard InChI is InChI=1S/3C7H5N.C3H4N2.C3H3N.4W/c3*1-8-7-5-3-2-4-6-7;1-2-4-5-3-1;1-3-4-2;;;;/h3*1-5H;1-3H,(H,4,5);1-3H;;;;/q3*-2;;-2;4*+2. The van der Waals surface area contributed by atoms with Crippen LogP contribution < -0.4 is 0 Å². The molecule has 10 heteroatoms. The quantitative estimate of drug-likeness (QED) is 0.198. The molecule has 0 aliphatic rings. The fourth-order valence-corrected chi connectivity index (χ4v) is 1.61. The number of nitrogens with one attached hydrogen (secondary N) is 1. The summed E-state index contributed by atoms with van der Waals surface area (Å²) in [6.07, 6.45) is 4.49. The van der Waals surface area contributed by atoms with Crippen molar-refractivity contribution in [2.45, 2.75) is 0 Å². The van der Waals surface area contributed by atoms with Crippen molar-refractivity contribution in [3.05, 3.63) is 122 Å². The second kappa shape index (κ2) is 36.2. The van der Waals surface area contributed by atoms with Crippen LogP contribution >= 0.6 is 0 Å². The van der Waals surface area contributed by atoms with Crippen LogP contribution in [-0.2, 0) is 84.3 Å². The Labute approximate surface area is 278 Å². The summed E-state index contributed by atoms with van der Waals surface area (Å²) in [7, 11) is 0. The number of rotatable bonds is 4. The minimum absolute atomic E-state index is 0. The van der Waals surface area contributed by atoms with Gasteiger partial charge in [-0.05, 0) is 6.07 Å². The van der Waals surface area contributed by atoms with Crippen molar-refractivity contribution in [3.8, 4) is 0 Å². The Hall–Kier alpha value is -1.96. The average molecular weight is 1170 g/mol. The summed E-state index contributed by atoms with van der Waals surface area (Å²) in [5.41, 5.74) is 2.06. The Bertz CT molecular complexity index is 874. The van der Waals surface area contributed by atoms with Crippen molar-refractivity contribution in [2.24, 2.45) is 20.0 Å². The molecule has 0 spiro atoms. The number of hydrogen-bond donors (Lipinski definition) is 1. The second-order valence-corrected chi connectivity index (χ2v) is 5.20. The van der Waals surface area contributed by atoms with Crippen molar-refractivity contribution < 1.29 is 84.3 Å². The molecule has 0 aliphatic carbocycles. The molecule has 0 aliphatic heterocycles. The number of nitrogens with zero attached hydrogens (tertiary/aromatic N) is 5. The molecular weight excluding hydrogens is 1140 g/mol. The molecule has 0 saturated carbocycles. The minimum atomic E-state index is 0. The molecular formula is C27H22N6W4. The fourth-order valence-electron chi connectivity index (χ4n) is 1.61. The molecule has 0 radical (unpaired) electrons. The molecule has 0 atom stereocenters. The first-order valence-electron chi connectivity index (χ1n) is 9.21. The van der Waals surface area contributed by atoms with Crippen LogP contribution in [0.25, 0.3) is 0 Å². The predicted octanol–water partition coefficient (Wildman–Crippen LogP) is 6.00. The number of aromatic amines is 1. The molecule has 1 heterocycles. The third-order valence-corrected chi connectivity index (χ3v) is 2.99. The van der Waals surface area contributed by atoms with Crippen molar-refractivity contribution in [1.29, 1.82) is 0 Å². The van der Waals surface area contributed by atoms with Crippen LogP contribution in [0.15, 0.2) is 117 Å². The van der Waals surface area contributed by atoms with Crippen LogP contribution in [0.4, 0.5) is 17.1 Å². The van der Waals surface area contributed by atoms with Gasteiger partial charge in [0.15, 0.2) is 0 Å². The van der Waals surface area contributed by atoms with Gasteiger partial charge in [0, 0.05) is 12.4 Å². The molecule has 0 unspecified atom stereocenters. The third-order valence-electron chi connectivity index (χ3n) is 2.99. The number of hydrogen-bond acceptors (Lipinski definition) is 5. The first-order valence-corrected chi connectivity index (χ1v) is 9.21. The summed E-state index contributed by atoms with van der Waals surface area (Å²) in [6.45, 7) is 23.9. The largest absolute Gasteiger partial charge is 2.00 e. The fraction of sp³-hybridized carbons (Fsp3) is 0. The summed E-state index contributed by atoms with van der Waals surface area (Å²) in [4.78, 5) is 13.1. The van der Waals surface area contributed by atoms with E-state index in [-0.39, 0.29) is 84.3 Å². The molecule has 1 aromatic heterocycles. The van der Waals surface area contributed by atoms with Gasteiger partial charge in [0.05, 0.1) is 0 Å². The minimum Gasteiger partial charge on any atom is -0.601 e. The van der Waals surface area contributed by atoms with Crippen molar-refractivity contribution in [1.82, 2.24) is 10.2 Å². The van der Waals surface area contributed by atoms with Gasteiger partial charge in [0.25, 0.3) is 0 Å². The molecule has 4 rings (SSSR count). The normalized spacial score (nSPS) is 7.14. The van der Waals surface area contributed by atoms with Crippen LogP contribution in [0.5, 0.6) is 0 Å². The van der Waals surface area contributed by atoms with Gasteiger partial charge in [-0.1, -0.05) is 0 Å². The van der Waals surface area contributed by atoms with Gasteiger partial charge in [0.2, 0.25) is 0 Å². The smallest absolute Gasteiger partial charge is 0.601 e. The molecule has 0 amide bonds. The number of aliphatic imine (C=N–C) groups is 4. The van der Waals surface area contributed by atoms with E-state index in [1.165, 1.54) is 0 Å². The first kappa shape index (κ1) is 45.0. The van der Waals surface area contributed by atoms with Gasteiger partial charge in [0.1, 0.15) is 0 Å². The van der Waals surface area contributed by atoms with Crippen molar-refractivity contribution in [2.75, 3.05) is 0 Å². The topological polar surface area (TPSA) is 78.1 Å². The third kappa shape index (κ3) is 30.2. The Balaban J connectivity index is -0.000000115. The van der Waals surface area contributed by atoms with Crippen LogP contribution in [0.3, 0.4) is 0 Å². The molecule has 0 bridgehead atoms. The molecule has 4 aromatic rings. The van der Waals surface area contributed by atoms with E-state index >= 15 is 0 Å². The zero-order chi connectivity index (χ0) is 24.4. The maximum Gasteiger partial charge on any atom is 2.00 e. The Morgan fingerprint density at radius 1 is 0.622 bits per heavy atom. The monoisotopic (exact) mass is 1170 g/mol. The predicted molar refractivity (Wildman–Crippen MR) is 136 cm³/mol. The van der Waals surface area contributed by atoms with E-state index in [2.05, 4.69) is 61.7 Å². The van der Waals surface area contributed by atoms with Crippen molar-refractivity contribution >= 4 is 43.9 Å². The summed E-state index contributed by atoms with van der Waals surface area (Å²) < 4.78 is 0. The van der Waals surface area contributed by atoms with Crippen LogP contribution in [0, 0.1) is 24.8 Å². The zero-order valence-electron chi connectivity index (χ0n) is 19.5. The molecule has 0 saturated heterocycles. The van der Waals surface area contributed by atoms with E-state index in [1.54, 1.807) is 48.8 Å². The number of H-pyrrole nitrogens is 1. The van der Waals surface area contributed by atoms with E-state index in [1.807, 2.05) is 42.5 Å². The maximum absolute atomic E-state index is 4.94. The van der Waals surface area contributed by atoms with Gasteiger partial charge in [-0.15, -0.1) is 0 Å². The van der Waals surface area contributed by atoms with Gasteiger partial charge >= 0.3 is 84.3 Å². The molecule has 0 fully saturated rings. The number of aromatic nitrogens is 2. The molecule has 1 N–H and O–H groups in total. The number of para-hydroxylation sites is 3. The van der Waals surface area contributed by atoms with Gasteiger partial charge in [-0.3, -0.25) is 23.3 Å². The molecule has 184 valence electrons. The van der Waals surface area contributed by atoms with E-state index in [4.69, 9.17) is 20.2 Å². The van der Waals surface area contributed by atoms with Crippen LogP contribution in [0.2, 0.25) is 0 Å². The van der Waals surface area contributed by atoms with E-state index in [0.29, 0.717) is 17.1 Å². The first-order chi connectivity index (χ1) is 16.2. The molecule has 6 nitrogen and oxygen atoms in total. The van der Waals surface area contributed by atoms with Crippen molar-refractivity contribution in [3.63, 3.8) is 0 Å². The zero-order valence-corrected chi connectivity index (χ0v) is 31.2. The second-order valence-electron chi connectivity index (χ2n) is 5.20. The van der Waals surface area contributed by atoms with Crippen LogP contribution in [0.1, 0.15) is 0 Å². The Kier molecular flexibility index (Phi) is 44.0. The van der Waals surface area contributed by atoms with E-state index in [0.717, 1.165) is 6.20 Å². The Morgan fingerprint density at radius 2 is 0.973 bits per heavy atom. The molecule has 3 aromatic carbocycles. The van der Waals surface area contributed by atoms with Crippen LogP contribution in [-0.4, -0.2) is 37.1 Å². The van der Waals surface area contributed by atoms with Gasteiger partial charge in [-0.2, -0.15) is 86.6 Å². The number of benzene rings is 3. The summed E-state index contributed by atoms with van der Waals surface area (Å²) in [5, 5.41) is 6.21. The van der Waals surface area contributed by atoms with E-state index < -0.39 is 0 Å². The van der Waals surface area contributed by atoms with Gasteiger partial charge < -0.3 is 32.7 Å². The van der Waals surface area contributed by atoms with E-state index in [9.17, 15) is 0 Å². The SMILES string of the molecule is [CH-]=CN=[CH-].[CH-]=Nc1[c-]cccc1.[CH-]=Nc1[c-]cccc1.[CH-]=Nc1[c-]cccc1.[W+2].[W+2].[W+2].[W+2].c1cn[nH]c1. The maximum atomic E-state index is 4.94. The molecule has 37 heavy (non-hydrogen) atoms. The summed E-state index contributed by atoms with van der Waals surface area (Å²) in [6, 6.07) is 32.2.